The fraction of sp³-hybridized carbons (Fsp3) is 0.280. The van der Waals surface area contributed by atoms with Crippen LogP contribution in [0.4, 0.5) is 37.8 Å². The van der Waals surface area contributed by atoms with Crippen LogP contribution in [0.5, 0.6) is 0 Å². The van der Waals surface area contributed by atoms with Gasteiger partial charge in [0.05, 0.1) is 28.4 Å². The SMILES string of the molecule is CC(C)(C)C(=O)OC[n+]1cc(Nc2ccc(C(F)(F)F)cc2)n2ncc(-c3ncccc3C(F)(F)F)cc21. The van der Waals surface area contributed by atoms with Gasteiger partial charge in [0.25, 0.3) is 5.82 Å². The number of aromatic nitrogens is 4. The van der Waals surface area contributed by atoms with Crippen molar-refractivity contribution in [2.24, 2.45) is 5.41 Å². The van der Waals surface area contributed by atoms with Crippen molar-refractivity contribution in [1.82, 2.24) is 14.6 Å². The van der Waals surface area contributed by atoms with Crippen LogP contribution in [0.2, 0.25) is 0 Å². The summed E-state index contributed by atoms with van der Waals surface area (Å²) in [5.74, 6) is -0.259. The number of rotatable bonds is 5. The predicted molar refractivity (Wildman–Crippen MR) is 124 cm³/mol. The highest BCUT2D eigenvalue weighted by Crippen LogP contribution is 2.36. The van der Waals surface area contributed by atoms with Gasteiger partial charge >= 0.3 is 24.0 Å². The number of carbonyl (C=O) groups excluding carboxylic acids is 1. The molecule has 13 heteroatoms. The monoisotopic (exact) mass is 538 g/mol. The number of nitrogens with one attached hydrogen (secondary N) is 1. The summed E-state index contributed by atoms with van der Waals surface area (Å²) in [4.78, 5) is 16.2. The van der Waals surface area contributed by atoms with E-state index in [0.717, 1.165) is 18.2 Å². The molecule has 0 bridgehead atoms. The molecule has 0 aliphatic rings. The third-order valence-electron chi connectivity index (χ3n) is 5.43. The molecule has 0 amide bonds. The van der Waals surface area contributed by atoms with Gasteiger partial charge in [0.1, 0.15) is 0 Å². The van der Waals surface area contributed by atoms with Gasteiger partial charge in [0, 0.05) is 23.5 Å². The van der Waals surface area contributed by atoms with Gasteiger partial charge in [-0.1, -0.05) is 9.61 Å². The van der Waals surface area contributed by atoms with Crippen molar-refractivity contribution in [2.45, 2.75) is 39.9 Å². The Morgan fingerprint density at radius 3 is 2.32 bits per heavy atom. The molecule has 0 spiro atoms. The van der Waals surface area contributed by atoms with Crippen molar-refractivity contribution in [3.63, 3.8) is 0 Å². The fourth-order valence-corrected chi connectivity index (χ4v) is 3.49. The second kappa shape index (κ2) is 9.62. The topological polar surface area (TPSA) is 72.4 Å². The summed E-state index contributed by atoms with van der Waals surface area (Å²) in [6.07, 6.45) is -5.27. The molecule has 4 rings (SSSR count). The van der Waals surface area contributed by atoms with E-state index in [-0.39, 0.29) is 29.5 Å². The molecule has 0 fully saturated rings. The van der Waals surface area contributed by atoms with Crippen LogP contribution in [0.25, 0.3) is 16.9 Å². The molecule has 1 aromatic carbocycles. The van der Waals surface area contributed by atoms with E-state index in [0.29, 0.717) is 5.69 Å². The molecule has 200 valence electrons. The summed E-state index contributed by atoms with van der Waals surface area (Å²) in [5, 5.41) is 7.17. The molecule has 0 atom stereocenters. The molecule has 0 aliphatic carbocycles. The molecule has 4 aromatic rings. The first-order valence-corrected chi connectivity index (χ1v) is 11.2. The van der Waals surface area contributed by atoms with Crippen molar-refractivity contribution in [2.75, 3.05) is 5.32 Å². The number of hydrogen-bond donors (Lipinski definition) is 1. The lowest BCUT2D eigenvalue weighted by Crippen LogP contribution is -2.37. The summed E-state index contributed by atoms with van der Waals surface area (Å²) in [7, 11) is 0. The van der Waals surface area contributed by atoms with Crippen LogP contribution in [-0.2, 0) is 28.6 Å². The van der Waals surface area contributed by atoms with E-state index in [1.807, 2.05) is 0 Å². The van der Waals surface area contributed by atoms with Gasteiger partial charge in [-0.2, -0.15) is 30.9 Å². The quantitative estimate of drug-likeness (QED) is 0.191. The van der Waals surface area contributed by atoms with Gasteiger partial charge in [-0.05, 0) is 57.2 Å². The van der Waals surface area contributed by atoms with Crippen LogP contribution < -0.4 is 9.88 Å². The van der Waals surface area contributed by atoms with E-state index in [4.69, 9.17) is 4.74 Å². The minimum Gasteiger partial charge on any atom is -0.424 e. The number of pyridine rings is 1. The van der Waals surface area contributed by atoms with Crippen LogP contribution in [0.1, 0.15) is 31.9 Å². The number of esters is 1. The summed E-state index contributed by atoms with van der Waals surface area (Å²) in [6, 6.07) is 7.74. The highest BCUT2D eigenvalue weighted by atomic mass is 19.4. The number of hydrogen-bond acceptors (Lipinski definition) is 5. The lowest BCUT2D eigenvalue weighted by atomic mass is 9.98. The lowest BCUT2D eigenvalue weighted by molar-refractivity contribution is -0.703. The molecule has 7 nitrogen and oxygen atoms in total. The molecule has 3 heterocycles. The van der Waals surface area contributed by atoms with Gasteiger partial charge in [0.15, 0.2) is 6.20 Å². The Morgan fingerprint density at radius 1 is 1.03 bits per heavy atom. The zero-order chi connectivity index (χ0) is 27.9. The molecule has 0 aliphatic heterocycles. The van der Waals surface area contributed by atoms with Crippen LogP contribution in [0.15, 0.2) is 61.1 Å². The zero-order valence-corrected chi connectivity index (χ0v) is 20.4. The average molecular weight is 538 g/mol. The molecular formula is C25H22F6N5O2+. The van der Waals surface area contributed by atoms with E-state index >= 15 is 0 Å². The van der Waals surface area contributed by atoms with E-state index in [9.17, 15) is 31.1 Å². The van der Waals surface area contributed by atoms with Crippen molar-refractivity contribution >= 4 is 23.1 Å². The molecule has 3 aromatic heterocycles. The third kappa shape index (κ3) is 5.71. The Bertz CT molecular complexity index is 1470. The summed E-state index contributed by atoms with van der Waals surface area (Å²) >= 11 is 0. The first-order chi connectivity index (χ1) is 17.6. The predicted octanol–water partition coefficient (Wildman–Crippen LogP) is 6.01. The first kappa shape index (κ1) is 26.9. The van der Waals surface area contributed by atoms with Crippen molar-refractivity contribution in [3.05, 3.63) is 72.2 Å². The molecular weight excluding hydrogens is 516 g/mol. The molecule has 0 saturated heterocycles. The average Bonchev–Trinajstić information content (AvgIpc) is 3.17. The van der Waals surface area contributed by atoms with Crippen molar-refractivity contribution < 1.29 is 40.4 Å². The van der Waals surface area contributed by atoms with E-state index in [1.54, 1.807) is 20.8 Å². The lowest BCUT2D eigenvalue weighted by Gasteiger charge is -2.15. The standard InChI is InChI=1S/C25H22F6N5O2/c1-23(2,3)22(37)38-14-35-13-19(34-17-8-6-16(7-9-17)24(26,27)28)36-20(35)11-15(12-33-36)21-18(25(29,30)31)5-4-10-32-21/h4-13,34H,14H2,1-3H3/q+1. The maximum absolute atomic E-state index is 13.6. The fourth-order valence-electron chi connectivity index (χ4n) is 3.49. The Balaban J connectivity index is 1.77. The summed E-state index contributed by atoms with van der Waals surface area (Å²) < 4.78 is 87.6. The Hall–Kier alpha value is -4.16. The van der Waals surface area contributed by atoms with Crippen LogP contribution in [0, 0.1) is 5.41 Å². The molecule has 38 heavy (non-hydrogen) atoms. The van der Waals surface area contributed by atoms with Gasteiger partial charge < -0.3 is 10.1 Å². The number of fused-ring (bicyclic) bond motifs is 1. The number of alkyl halides is 6. The summed E-state index contributed by atoms with van der Waals surface area (Å²) in [6.45, 7) is 4.69. The number of carbonyl (C=O) groups is 1. The van der Waals surface area contributed by atoms with Crippen molar-refractivity contribution in [1.29, 1.82) is 0 Å². The van der Waals surface area contributed by atoms with Gasteiger partial charge in [-0.15, -0.1) is 0 Å². The van der Waals surface area contributed by atoms with Crippen LogP contribution in [-0.4, -0.2) is 20.6 Å². The van der Waals surface area contributed by atoms with Gasteiger partial charge in [0.2, 0.25) is 6.73 Å². The van der Waals surface area contributed by atoms with Gasteiger partial charge in [-0.25, -0.2) is 0 Å². The van der Waals surface area contributed by atoms with Crippen LogP contribution >= 0.6 is 0 Å². The number of nitrogens with zero attached hydrogens (tertiary/aromatic N) is 4. The maximum Gasteiger partial charge on any atom is 0.418 e. The summed E-state index contributed by atoms with van der Waals surface area (Å²) in [5.41, 5.74) is -2.34. The normalized spacial score (nSPS) is 12.6. The Morgan fingerprint density at radius 2 is 1.71 bits per heavy atom. The molecule has 1 N–H and O–H groups in total. The number of halogens is 6. The molecule has 0 saturated carbocycles. The number of benzene rings is 1. The van der Waals surface area contributed by atoms with E-state index < -0.39 is 34.9 Å². The van der Waals surface area contributed by atoms with E-state index in [1.165, 1.54) is 51.9 Å². The number of ether oxygens (including phenoxy) is 1. The number of anilines is 2. The maximum atomic E-state index is 13.6. The highest BCUT2D eigenvalue weighted by molar-refractivity contribution is 5.75. The van der Waals surface area contributed by atoms with Crippen LogP contribution in [0.3, 0.4) is 0 Å². The second-order valence-corrected chi connectivity index (χ2v) is 9.41. The third-order valence-corrected chi connectivity index (χ3v) is 5.43. The smallest absolute Gasteiger partial charge is 0.418 e. The minimum absolute atomic E-state index is 0.0560. The largest absolute Gasteiger partial charge is 0.424 e. The second-order valence-electron chi connectivity index (χ2n) is 9.41. The van der Waals surface area contributed by atoms with Crippen molar-refractivity contribution in [3.8, 4) is 11.3 Å². The number of imidazole rings is 1. The molecule has 0 radical (unpaired) electrons. The minimum atomic E-state index is -4.66. The highest BCUT2D eigenvalue weighted by Gasteiger charge is 2.35. The van der Waals surface area contributed by atoms with Gasteiger partial charge in [-0.3, -0.25) is 9.78 Å². The van der Waals surface area contributed by atoms with E-state index in [2.05, 4.69) is 15.4 Å². The Kier molecular flexibility index (Phi) is 6.80. The zero-order valence-electron chi connectivity index (χ0n) is 20.4. The molecule has 0 unspecified atom stereocenters. The Labute approximate surface area is 212 Å². The first-order valence-electron chi connectivity index (χ1n) is 11.2.